The van der Waals surface area contributed by atoms with Gasteiger partial charge in [0.05, 0.1) is 5.69 Å². The van der Waals surface area contributed by atoms with E-state index in [0.717, 1.165) is 30.7 Å². The molecule has 2 nitrogen and oxygen atoms in total. The lowest BCUT2D eigenvalue weighted by Gasteiger charge is -2.19. The minimum absolute atomic E-state index is 0.155. The average Bonchev–Trinajstić information content (AvgIpc) is 2.69. The van der Waals surface area contributed by atoms with E-state index < -0.39 is 0 Å². The fourth-order valence-corrected chi connectivity index (χ4v) is 3.05. The summed E-state index contributed by atoms with van der Waals surface area (Å²) in [5.41, 5.74) is 8.78. The van der Waals surface area contributed by atoms with Crippen molar-refractivity contribution >= 4 is 17.4 Å². The number of rotatable bonds is 1. The van der Waals surface area contributed by atoms with Crippen molar-refractivity contribution in [2.45, 2.75) is 57.9 Å². The number of hydrogen-bond acceptors (Lipinski definition) is 3. The molecule has 0 atom stereocenters. The Labute approximate surface area is 108 Å². The second kappa shape index (κ2) is 4.91. The second-order valence-electron chi connectivity index (χ2n) is 5.96. The standard InChI is InChI=1S/C14H22N2S/c1-14(2,3)12-9-17-13(16-12)8-10-4-6-11(15)7-5-10/h8-9,11H,4-7,15H2,1-3H3. The maximum atomic E-state index is 5.91. The van der Waals surface area contributed by atoms with Gasteiger partial charge in [0.15, 0.2) is 0 Å². The van der Waals surface area contributed by atoms with Crippen LogP contribution in [0.15, 0.2) is 11.0 Å². The first-order valence-electron chi connectivity index (χ1n) is 6.36. The Balaban J connectivity index is 2.09. The lowest BCUT2D eigenvalue weighted by Crippen LogP contribution is -2.23. The molecule has 0 amide bonds. The summed E-state index contributed by atoms with van der Waals surface area (Å²) < 4.78 is 0. The number of hydrogen-bond donors (Lipinski definition) is 1. The van der Waals surface area contributed by atoms with E-state index in [9.17, 15) is 0 Å². The van der Waals surface area contributed by atoms with Gasteiger partial charge in [0, 0.05) is 16.8 Å². The van der Waals surface area contributed by atoms with Crippen LogP contribution in [0.5, 0.6) is 0 Å². The third kappa shape index (κ3) is 3.39. The molecule has 2 N–H and O–H groups in total. The van der Waals surface area contributed by atoms with Gasteiger partial charge in [-0.2, -0.15) is 0 Å². The first kappa shape index (κ1) is 12.8. The molecule has 2 rings (SSSR count). The zero-order valence-corrected chi connectivity index (χ0v) is 11.8. The zero-order valence-electron chi connectivity index (χ0n) is 11.0. The van der Waals surface area contributed by atoms with E-state index in [-0.39, 0.29) is 5.41 Å². The first-order valence-corrected chi connectivity index (χ1v) is 7.24. The van der Waals surface area contributed by atoms with E-state index in [1.165, 1.54) is 11.3 Å². The number of aromatic nitrogens is 1. The summed E-state index contributed by atoms with van der Waals surface area (Å²) >= 11 is 1.75. The SMILES string of the molecule is CC(C)(C)c1csc(C=C2CCC(N)CC2)n1. The highest BCUT2D eigenvalue weighted by atomic mass is 32.1. The van der Waals surface area contributed by atoms with Gasteiger partial charge >= 0.3 is 0 Å². The number of nitrogens with zero attached hydrogens (tertiary/aromatic N) is 1. The van der Waals surface area contributed by atoms with Gasteiger partial charge in [-0.1, -0.05) is 26.3 Å². The summed E-state index contributed by atoms with van der Waals surface area (Å²) in [7, 11) is 0. The van der Waals surface area contributed by atoms with Gasteiger partial charge in [-0.05, 0) is 31.8 Å². The second-order valence-corrected chi connectivity index (χ2v) is 6.85. The summed E-state index contributed by atoms with van der Waals surface area (Å²) in [6.45, 7) is 6.62. The van der Waals surface area contributed by atoms with Gasteiger partial charge in [0.25, 0.3) is 0 Å². The molecule has 1 aliphatic carbocycles. The van der Waals surface area contributed by atoms with E-state index in [1.54, 1.807) is 11.3 Å². The summed E-state index contributed by atoms with van der Waals surface area (Å²) in [6.07, 6.45) is 6.82. The third-order valence-electron chi connectivity index (χ3n) is 3.29. The van der Waals surface area contributed by atoms with Crippen molar-refractivity contribution in [1.82, 2.24) is 4.98 Å². The molecular weight excluding hydrogens is 228 g/mol. The molecule has 0 unspecified atom stereocenters. The van der Waals surface area contributed by atoms with Crippen molar-refractivity contribution in [3.05, 3.63) is 21.7 Å². The van der Waals surface area contributed by atoms with Crippen LogP contribution in [-0.4, -0.2) is 11.0 Å². The molecule has 0 aromatic carbocycles. The van der Waals surface area contributed by atoms with Crippen LogP contribution in [0.3, 0.4) is 0 Å². The molecule has 1 aromatic heterocycles. The van der Waals surface area contributed by atoms with Crippen molar-refractivity contribution in [3.8, 4) is 0 Å². The fourth-order valence-electron chi connectivity index (χ4n) is 2.03. The summed E-state index contributed by atoms with van der Waals surface area (Å²) in [6, 6.07) is 0.411. The van der Waals surface area contributed by atoms with Crippen LogP contribution in [0.2, 0.25) is 0 Å². The van der Waals surface area contributed by atoms with Gasteiger partial charge in [0.1, 0.15) is 5.01 Å². The van der Waals surface area contributed by atoms with Crippen LogP contribution in [-0.2, 0) is 5.41 Å². The van der Waals surface area contributed by atoms with Crippen molar-refractivity contribution in [2.75, 3.05) is 0 Å². The molecule has 0 spiro atoms. The van der Waals surface area contributed by atoms with Gasteiger partial charge in [-0.25, -0.2) is 4.98 Å². The fraction of sp³-hybridized carbons (Fsp3) is 0.643. The molecule has 3 heteroatoms. The van der Waals surface area contributed by atoms with Gasteiger partial charge < -0.3 is 5.73 Å². The number of nitrogens with two attached hydrogens (primary N) is 1. The Bertz CT molecular complexity index is 402. The van der Waals surface area contributed by atoms with E-state index in [2.05, 4.69) is 32.2 Å². The van der Waals surface area contributed by atoms with Gasteiger partial charge in [-0.15, -0.1) is 11.3 Å². The molecule has 17 heavy (non-hydrogen) atoms. The van der Waals surface area contributed by atoms with Crippen LogP contribution in [0, 0.1) is 0 Å². The van der Waals surface area contributed by atoms with E-state index in [0.29, 0.717) is 6.04 Å². The Morgan fingerprint density at radius 1 is 1.35 bits per heavy atom. The van der Waals surface area contributed by atoms with Gasteiger partial charge in [-0.3, -0.25) is 0 Å². The topological polar surface area (TPSA) is 38.9 Å². The monoisotopic (exact) mass is 250 g/mol. The van der Waals surface area contributed by atoms with Crippen LogP contribution < -0.4 is 5.73 Å². The average molecular weight is 250 g/mol. The van der Waals surface area contributed by atoms with Crippen LogP contribution in [0.4, 0.5) is 0 Å². The Hall–Kier alpha value is -0.670. The summed E-state index contributed by atoms with van der Waals surface area (Å²) in [5.74, 6) is 0. The molecule has 0 bridgehead atoms. The predicted octanol–water partition coefficient (Wildman–Crippen LogP) is 3.73. The summed E-state index contributed by atoms with van der Waals surface area (Å²) in [4.78, 5) is 4.71. The maximum absolute atomic E-state index is 5.91. The highest BCUT2D eigenvalue weighted by Gasteiger charge is 2.17. The van der Waals surface area contributed by atoms with Crippen LogP contribution >= 0.6 is 11.3 Å². The highest BCUT2D eigenvalue weighted by molar-refractivity contribution is 7.10. The molecule has 0 saturated heterocycles. The van der Waals surface area contributed by atoms with E-state index in [4.69, 9.17) is 10.7 Å². The predicted molar refractivity (Wildman–Crippen MR) is 75.2 cm³/mol. The molecule has 1 aromatic rings. The molecule has 1 saturated carbocycles. The lowest BCUT2D eigenvalue weighted by molar-refractivity contribution is 0.514. The van der Waals surface area contributed by atoms with Crippen molar-refractivity contribution in [2.24, 2.45) is 5.73 Å². The minimum atomic E-state index is 0.155. The van der Waals surface area contributed by atoms with Crippen LogP contribution in [0.1, 0.15) is 57.2 Å². The molecule has 0 radical (unpaired) electrons. The van der Waals surface area contributed by atoms with Crippen LogP contribution in [0.25, 0.3) is 6.08 Å². The quantitative estimate of drug-likeness (QED) is 0.825. The molecule has 1 aliphatic rings. The Kier molecular flexibility index (Phi) is 3.69. The van der Waals surface area contributed by atoms with Crippen molar-refractivity contribution in [1.29, 1.82) is 0 Å². The smallest absolute Gasteiger partial charge is 0.116 e. The number of thiazole rings is 1. The Morgan fingerprint density at radius 2 is 2.00 bits per heavy atom. The zero-order chi connectivity index (χ0) is 12.5. The van der Waals surface area contributed by atoms with Crippen molar-refractivity contribution in [3.63, 3.8) is 0 Å². The Morgan fingerprint density at radius 3 is 2.53 bits per heavy atom. The minimum Gasteiger partial charge on any atom is -0.328 e. The molecule has 1 heterocycles. The third-order valence-corrected chi connectivity index (χ3v) is 4.08. The largest absolute Gasteiger partial charge is 0.328 e. The molecule has 1 fully saturated rings. The molecule has 0 aliphatic heterocycles. The molecular formula is C14H22N2S. The first-order chi connectivity index (χ1) is 7.95. The number of allylic oxidation sites excluding steroid dienone is 1. The van der Waals surface area contributed by atoms with E-state index >= 15 is 0 Å². The highest BCUT2D eigenvalue weighted by Crippen LogP contribution is 2.28. The summed E-state index contributed by atoms with van der Waals surface area (Å²) in [5, 5.41) is 3.33. The van der Waals surface area contributed by atoms with Crippen molar-refractivity contribution < 1.29 is 0 Å². The van der Waals surface area contributed by atoms with E-state index in [1.807, 2.05) is 0 Å². The maximum Gasteiger partial charge on any atom is 0.116 e. The van der Waals surface area contributed by atoms with Gasteiger partial charge in [0.2, 0.25) is 0 Å². The molecule has 94 valence electrons. The lowest BCUT2D eigenvalue weighted by atomic mass is 9.91. The normalized spacial score (nSPS) is 21.6.